The van der Waals surface area contributed by atoms with Gasteiger partial charge in [-0.15, -0.1) is 0 Å². The Bertz CT molecular complexity index is 488. The minimum Gasteiger partial charge on any atom is -0.393 e. The second-order valence-electron chi connectivity index (χ2n) is 5.07. The number of carbonyl (C=O) groups excluding carboxylic acids is 1. The number of nitrogens with one attached hydrogen (secondary N) is 1. The molecule has 2 unspecified atom stereocenters. The first kappa shape index (κ1) is 14.4. The highest BCUT2D eigenvalue weighted by Crippen LogP contribution is 2.23. The molecule has 2 N–H and O–H groups in total. The van der Waals surface area contributed by atoms with Crippen molar-refractivity contribution in [1.82, 2.24) is 15.1 Å². The molecule has 110 valence electrons. The molecule has 2 rings (SSSR count). The number of hydrogen-bond donors (Lipinski definition) is 2. The predicted molar refractivity (Wildman–Crippen MR) is 69.9 cm³/mol. The van der Waals surface area contributed by atoms with Crippen molar-refractivity contribution in [3.05, 3.63) is 22.5 Å². The maximum absolute atomic E-state index is 11.7. The lowest BCUT2D eigenvalue weighted by Crippen LogP contribution is -2.38. The van der Waals surface area contributed by atoms with Crippen LogP contribution >= 0.6 is 0 Å². The van der Waals surface area contributed by atoms with E-state index in [1.54, 1.807) is 0 Å². The van der Waals surface area contributed by atoms with E-state index in [2.05, 4.69) is 10.4 Å². The number of amides is 1. The summed E-state index contributed by atoms with van der Waals surface area (Å²) >= 11 is 0. The molecule has 8 nitrogen and oxygen atoms in total. The lowest BCUT2D eigenvalue weighted by atomic mass is 9.86. The van der Waals surface area contributed by atoms with Crippen LogP contribution in [0.5, 0.6) is 0 Å². The van der Waals surface area contributed by atoms with Crippen molar-refractivity contribution in [2.24, 2.45) is 5.92 Å². The van der Waals surface area contributed by atoms with Gasteiger partial charge >= 0.3 is 5.69 Å². The molecule has 0 aliphatic heterocycles. The molecule has 1 aromatic heterocycles. The Morgan fingerprint density at radius 1 is 1.55 bits per heavy atom. The largest absolute Gasteiger partial charge is 0.393 e. The Kier molecular flexibility index (Phi) is 4.67. The summed E-state index contributed by atoms with van der Waals surface area (Å²) in [6.07, 6.45) is 5.77. The normalized spacial score (nSPS) is 22.4. The number of nitrogens with zero attached hydrogens (tertiary/aromatic N) is 3. The van der Waals surface area contributed by atoms with E-state index in [-0.39, 0.29) is 30.2 Å². The summed E-state index contributed by atoms with van der Waals surface area (Å²) in [6, 6.07) is 0. The van der Waals surface area contributed by atoms with Gasteiger partial charge in [-0.1, -0.05) is 12.8 Å². The SMILES string of the molecule is O=C(Cn1cc([N+](=O)[O-])cn1)NCC1CCCCC1O. The second-order valence-corrected chi connectivity index (χ2v) is 5.07. The van der Waals surface area contributed by atoms with E-state index in [0.29, 0.717) is 6.54 Å². The van der Waals surface area contributed by atoms with E-state index in [4.69, 9.17) is 0 Å². The third kappa shape index (κ3) is 3.77. The Morgan fingerprint density at radius 3 is 2.95 bits per heavy atom. The van der Waals surface area contributed by atoms with Crippen LogP contribution in [0.2, 0.25) is 0 Å². The van der Waals surface area contributed by atoms with E-state index in [1.807, 2.05) is 0 Å². The fourth-order valence-electron chi connectivity index (χ4n) is 2.41. The second kappa shape index (κ2) is 6.47. The van der Waals surface area contributed by atoms with Crippen LogP contribution in [0, 0.1) is 16.0 Å². The van der Waals surface area contributed by atoms with Crippen LogP contribution in [0.3, 0.4) is 0 Å². The minimum absolute atomic E-state index is 0.0589. The molecule has 1 saturated carbocycles. The quantitative estimate of drug-likeness (QED) is 0.602. The molecule has 20 heavy (non-hydrogen) atoms. The summed E-state index contributed by atoms with van der Waals surface area (Å²) in [5.74, 6) is -0.166. The van der Waals surface area contributed by atoms with Crippen molar-refractivity contribution < 1.29 is 14.8 Å². The molecule has 2 atom stereocenters. The number of rotatable bonds is 5. The Hall–Kier alpha value is -1.96. The van der Waals surface area contributed by atoms with Gasteiger partial charge in [-0.05, 0) is 12.8 Å². The molecule has 0 aromatic carbocycles. The van der Waals surface area contributed by atoms with Crippen LogP contribution < -0.4 is 5.32 Å². The smallest absolute Gasteiger partial charge is 0.307 e. The summed E-state index contributed by atoms with van der Waals surface area (Å²) in [4.78, 5) is 21.7. The zero-order chi connectivity index (χ0) is 14.5. The summed E-state index contributed by atoms with van der Waals surface area (Å²) < 4.78 is 1.23. The zero-order valence-electron chi connectivity index (χ0n) is 11.1. The van der Waals surface area contributed by atoms with Crippen molar-refractivity contribution in [2.45, 2.75) is 38.3 Å². The number of carbonyl (C=O) groups is 1. The molecular weight excluding hydrogens is 264 g/mol. The number of nitro groups is 1. The first-order valence-electron chi connectivity index (χ1n) is 6.68. The van der Waals surface area contributed by atoms with E-state index in [9.17, 15) is 20.0 Å². The Morgan fingerprint density at radius 2 is 2.30 bits per heavy atom. The number of aromatic nitrogens is 2. The van der Waals surface area contributed by atoms with Crippen LogP contribution in [-0.2, 0) is 11.3 Å². The number of hydrogen-bond acceptors (Lipinski definition) is 5. The van der Waals surface area contributed by atoms with Crippen LogP contribution in [0.25, 0.3) is 0 Å². The van der Waals surface area contributed by atoms with Crippen LogP contribution in [-0.4, -0.2) is 38.4 Å². The molecular formula is C12H18N4O4. The molecule has 1 amide bonds. The van der Waals surface area contributed by atoms with Gasteiger partial charge in [0.2, 0.25) is 5.91 Å². The summed E-state index contributed by atoms with van der Waals surface area (Å²) in [6.45, 7) is 0.375. The van der Waals surface area contributed by atoms with E-state index >= 15 is 0 Å². The average Bonchev–Trinajstić information content (AvgIpc) is 2.86. The van der Waals surface area contributed by atoms with Gasteiger partial charge in [0.1, 0.15) is 18.9 Å². The monoisotopic (exact) mass is 282 g/mol. The van der Waals surface area contributed by atoms with Gasteiger partial charge in [-0.25, -0.2) is 0 Å². The molecule has 0 saturated heterocycles. The van der Waals surface area contributed by atoms with Gasteiger partial charge in [0, 0.05) is 12.5 Å². The standard InChI is InChI=1S/C12H18N4O4/c17-11-4-2-1-3-9(11)5-13-12(18)8-15-7-10(6-14-15)16(19)20/h6-7,9,11,17H,1-5,8H2,(H,13,18). The highest BCUT2D eigenvalue weighted by atomic mass is 16.6. The van der Waals surface area contributed by atoms with E-state index < -0.39 is 4.92 Å². The fourth-order valence-corrected chi connectivity index (χ4v) is 2.41. The van der Waals surface area contributed by atoms with Crippen LogP contribution in [0.4, 0.5) is 5.69 Å². The molecule has 1 fully saturated rings. The summed E-state index contributed by atoms with van der Waals surface area (Å²) in [5, 5.41) is 26.8. The lowest BCUT2D eigenvalue weighted by molar-refractivity contribution is -0.385. The van der Waals surface area contributed by atoms with E-state index in [1.165, 1.54) is 10.9 Å². The third-order valence-corrected chi connectivity index (χ3v) is 3.57. The van der Waals surface area contributed by atoms with Gasteiger partial charge in [-0.3, -0.25) is 19.6 Å². The molecule has 1 aliphatic carbocycles. The van der Waals surface area contributed by atoms with E-state index in [0.717, 1.165) is 31.9 Å². The van der Waals surface area contributed by atoms with Crippen LogP contribution in [0.1, 0.15) is 25.7 Å². The highest BCUT2D eigenvalue weighted by Gasteiger charge is 2.23. The molecule has 1 heterocycles. The van der Waals surface area contributed by atoms with Crippen molar-refractivity contribution in [3.63, 3.8) is 0 Å². The highest BCUT2D eigenvalue weighted by molar-refractivity contribution is 5.75. The zero-order valence-corrected chi connectivity index (χ0v) is 11.1. The van der Waals surface area contributed by atoms with Gasteiger partial charge in [0.15, 0.2) is 0 Å². The topological polar surface area (TPSA) is 110 Å². The predicted octanol–water partition coefficient (Wildman–Crippen LogP) is 0.459. The van der Waals surface area contributed by atoms with Crippen LogP contribution in [0.15, 0.2) is 12.4 Å². The van der Waals surface area contributed by atoms with Gasteiger partial charge in [0.05, 0.1) is 11.0 Å². The number of aliphatic hydroxyl groups is 1. The summed E-state index contributed by atoms with van der Waals surface area (Å²) in [5.41, 5.74) is -0.138. The molecule has 0 spiro atoms. The van der Waals surface area contributed by atoms with Crippen molar-refractivity contribution in [1.29, 1.82) is 0 Å². The molecule has 8 heteroatoms. The first-order valence-corrected chi connectivity index (χ1v) is 6.68. The average molecular weight is 282 g/mol. The molecule has 0 radical (unpaired) electrons. The lowest BCUT2D eigenvalue weighted by Gasteiger charge is -2.27. The molecule has 1 aromatic rings. The maximum atomic E-state index is 11.7. The summed E-state index contributed by atoms with van der Waals surface area (Å²) in [7, 11) is 0. The van der Waals surface area contributed by atoms with Crippen molar-refractivity contribution >= 4 is 11.6 Å². The molecule has 1 aliphatic rings. The van der Waals surface area contributed by atoms with Crippen molar-refractivity contribution in [3.8, 4) is 0 Å². The third-order valence-electron chi connectivity index (χ3n) is 3.57. The maximum Gasteiger partial charge on any atom is 0.307 e. The molecule has 0 bridgehead atoms. The van der Waals surface area contributed by atoms with Crippen molar-refractivity contribution in [2.75, 3.05) is 6.54 Å². The van der Waals surface area contributed by atoms with Gasteiger partial charge in [0.25, 0.3) is 0 Å². The fraction of sp³-hybridized carbons (Fsp3) is 0.667. The van der Waals surface area contributed by atoms with Gasteiger partial charge in [-0.2, -0.15) is 5.10 Å². The van der Waals surface area contributed by atoms with Gasteiger partial charge < -0.3 is 10.4 Å². The Labute approximate surface area is 115 Å². The minimum atomic E-state index is -0.556. The Balaban J connectivity index is 1.78. The first-order chi connectivity index (χ1) is 9.56. The number of aliphatic hydroxyl groups excluding tert-OH is 1.